The van der Waals surface area contributed by atoms with Gasteiger partial charge in [-0.3, -0.25) is 4.90 Å². The van der Waals surface area contributed by atoms with Crippen LogP contribution in [-0.2, 0) is 13.0 Å². The van der Waals surface area contributed by atoms with E-state index >= 15 is 0 Å². The van der Waals surface area contributed by atoms with Gasteiger partial charge in [-0.15, -0.1) is 0 Å². The van der Waals surface area contributed by atoms with E-state index in [2.05, 4.69) is 44.2 Å². The van der Waals surface area contributed by atoms with E-state index in [1.54, 1.807) is 0 Å². The van der Waals surface area contributed by atoms with E-state index in [4.69, 9.17) is 4.52 Å². The number of hydrogen-bond acceptors (Lipinski definition) is 5. The summed E-state index contributed by atoms with van der Waals surface area (Å²) < 4.78 is 5.53. The summed E-state index contributed by atoms with van der Waals surface area (Å²) in [6, 6.07) is 10.3. The molecule has 5 heteroatoms. The van der Waals surface area contributed by atoms with Crippen molar-refractivity contribution in [1.29, 1.82) is 0 Å². The fraction of sp³-hybridized carbons (Fsp3) is 0.636. The number of piperidine rings is 1. The lowest BCUT2D eigenvalue weighted by molar-refractivity contribution is 0.119. The minimum atomic E-state index is 0.738. The summed E-state index contributed by atoms with van der Waals surface area (Å²) in [5, 5.41) is 4.18. The topological polar surface area (TPSA) is 45.4 Å². The van der Waals surface area contributed by atoms with Crippen LogP contribution in [0.15, 0.2) is 34.9 Å². The predicted molar refractivity (Wildman–Crippen MR) is 106 cm³/mol. The Labute approximate surface area is 162 Å². The molecule has 1 aromatic carbocycles. The molecule has 2 aliphatic rings. The van der Waals surface area contributed by atoms with Gasteiger partial charge >= 0.3 is 0 Å². The molecular weight excluding hydrogens is 336 g/mol. The monoisotopic (exact) mass is 368 g/mol. The Kier molecular flexibility index (Phi) is 6.53. The first-order valence-corrected chi connectivity index (χ1v) is 10.7. The van der Waals surface area contributed by atoms with Crippen molar-refractivity contribution in [2.75, 3.05) is 32.7 Å². The number of rotatable bonds is 6. The highest BCUT2D eigenvalue weighted by Crippen LogP contribution is 2.21. The van der Waals surface area contributed by atoms with E-state index in [-0.39, 0.29) is 0 Å². The molecule has 27 heavy (non-hydrogen) atoms. The van der Waals surface area contributed by atoms with Crippen LogP contribution < -0.4 is 0 Å². The lowest BCUT2D eigenvalue weighted by Crippen LogP contribution is -2.41. The zero-order chi connectivity index (χ0) is 18.3. The first-order valence-electron chi connectivity index (χ1n) is 10.7. The molecule has 4 rings (SSSR count). The number of likely N-dealkylation sites (tertiary alicyclic amines) is 2. The van der Waals surface area contributed by atoms with Gasteiger partial charge in [0.25, 0.3) is 0 Å². The quantitative estimate of drug-likeness (QED) is 0.777. The van der Waals surface area contributed by atoms with Crippen LogP contribution in [0.3, 0.4) is 0 Å². The zero-order valence-corrected chi connectivity index (χ0v) is 16.4. The summed E-state index contributed by atoms with van der Waals surface area (Å²) in [6.07, 6.45) is 8.96. The van der Waals surface area contributed by atoms with Crippen LogP contribution in [-0.4, -0.2) is 52.7 Å². The molecule has 1 aromatic heterocycles. The van der Waals surface area contributed by atoms with Crippen molar-refractivity contribution in [3.63, 3.8) is 0 Å². The Morgan fingerprint density at radius 1 is 0.926 bits per heavy atom. The van der Waals surface area contributed by atoms with E-state index in [1.807, 2.05) is 6.07 Å². The molecule has 2 saturated heterocycles. The summed E-state index contributed by atoms with van der Waals surface area (Å²) >= 11 is 0. The molecule has 2 aliphatic heterocycles. The molecule has 146 valence electrons. The van der Waals surface area contributed by atoms with Crippen molar-refractivity contribution in [3.8, 4) is 0 Å². The number of aromatic nitrogens is 2. The average Bonchev–Trinajstić information content (AvgIpc) is 2.96. The lowest BCUT2D eigenvalue weighted by atomic mass is 9.97. The van der Waals surface area contributed by atoms with Crippen molar-refractivity contribution in [1.82, 2.24) is 19.9 Å². The zero-order valence-electron chi connectivity index (χ0n) is 16.4. The summed E-state index contributed by atoms with van der Waals surface area (Å²) in [7, 11) is 0. The molecule has 0 bridgehead atoms. The van der Waals surface area contributed by atoms with Gasteiger partial charge < -0.3 is 9.42 Å². The molecule has 2 aromatic rings. The molecule has 0 aliphatic carbocycles. The Balaban J connectivity index is 1.27. The largest absolute Gasteiger partial charge is 0.338 e. The van der Waals surface area contributed by atoms with Crippen molar-refractivity contribution in [3.05, 3.63) is 47.6 Å². The Morgan fingerprint density at radius 3 is 2.52 bits per heavy atom. The molecule has 2 fully saturated rings. The van der Waals surface area contributed by atoms with Gasteiger partial charge in [0.15, 0.2) is 5.82 Å². The second kappa shape index (κ2) is 9.47. The predicted octanol–water partition coefficient (Wildman–Crippen LogP) is 3.75. The Hall–Kier alpha value is -1.72. The van der Waals surface area contributed by atoms with Gasteiger partial charge in [-0.2, -0.15) is 4.98 Å². The fourth-order valence-electron chi connectivity index (χ4n) is 4.52. The molecule has 0 N–H and O–H groups in total. The lowest BCUT2D eigenvalue weighted by Gasteiger charge is -2.34. The molecule has 0 saturated carbocycles. The second-order valence-corrected chi connectivity index (χ2v) is 8.22. The maximum absolute atomic E-state index is 5.53. The first kappa shape index (κ1) is 18.6. The minimum Gasteiger partial charge on any atom is -0.338 e. The van der Waals surface area contributed by atoms with Crippen LogP contribution >= 0.6 is 0 Å². The molecule has 1 atom stereocenters. The first-order chi connectivity index (χ1) is 13.3. The Bertz CT molecular complexity index is 679. The van der Waals surface area contributed by atoms with Crippen LogP contribution in [0.2, 0.25) is 0 Å². The molecule has 5 nitrogen and oxygen atoms in total. The van der Waals surface area contributed by atoms with Gasteiger partial charge in [-0.05, 0) is 56.8 Å². The standard InChI is InChI=1S/C22H32N4O/c1-2-7-13-25(12-6-1)16-20-11-8-14-26(17-20)18-22-23-21(24-27-22)15-19-9-4-3-5-10-19/h3-5,9-10,20H,1-2,6-8,11-18H2/t20-/m0/s1. The third-order valence-electron chi connectivity index (χ3n) is 5.89. The van der Waals surface area contributed by atoms with Crippen molar-refractivity contribution >= 4 is 0 Å². The van der Waals surface area contributed by atoms with Gasteiger partial charge in [-0.1, -0.05) is 48.3 Å². The third kappa shape index (κ3) is 5.63. The van der Waals surface area contributed by atoms with Crippen LogP contribution in [0.25, 0.3) is 0 Å². The SMILES string of the molecule is c1ccc(Cc2noc(CN3CCC[C@@H](CN4CCCCCC4)C3)n2)cc1. The van der Waals surface area contributed by atoms with E-state index < -0.39 is 0 Å². The van der Waals surface area contributed by atoms with Crippen LogP contribution in [0.1, 0.15) is 55.8 Å². The van der Waals surface area contributed by atoms with Gasteiger partial charge in [0.2, 0.25) is 5.89 Å². The number of hydrogen-bond donors (Lipinski definition) is 0. The number of nitrogens with zero attached hydrogens (tertiary/aromatic N) is 4. The maximum Gasteiger partial charge on any atom is 0.240 e. The third-order valence-corrected chi connectivity index (χ3v) is 5.89. The van der Waals surface area contributed by atoms with Crippen LogP contribution in [0.4, 0.5) is 0 Å². The van der Waals surface area contributed by atoms with Gasteiger partial charge in [0.1, 0.15) is 0 Å². The van der Waals surface area contributed by atoms with E-state index in [0.717, 1.165) is 43.7 Å². The second-order valence-electron chi connectivity index (χ2n) is 8.22. The molecule has 0 amide bonds. The summed E-state index contributed by atoms with van der Waals surface area (Å²) in [5.41, 5.74) is 1.22. The molecule has 3 heterocycles. The van der Waals surface area contributed by atoms with E-state index in [1.165, 1.54) is 63.7 Å². The fourth-order valence-corrected chi connectivity index (χ4v) is 4.52. The Morgan fingerprint density at radius 2 is 1.70 bits per heavy atom. The van der Waals surface area contributed by atoms with Crippen molar-refractivity contribution in [2.24, 2.45) is 5.92 Å². The summed E-state index contributed by atoms with van der Waals surface area (Å²) in [5.74, 6) is 2.33. The normalized spacial score (nSPS) is 22.6. The molecule has 0 radical (unpaired) electrons. The van der Waals surface area contributed by atoms with Crippen molar-refractivity contribution in [2.45, 2.75) is 51.5 Å². The van der Waals surface area contributed by atoms with Gasteiger partial charge in [0.05, 0.1) is 6.54 Å². The van der Waals surface area contributed by atoms with Gasteiger partial charge in [-0.25, -0.2) is 0 Å². The maximum atomic E-state index is 5.53. The summed E-state index contributed by atoms with van der Waals surface area (Å²) in [6.45, 7) is 6.95. The van der Waals surface area contributed by atoms with Gasteiger partial charge in [0, 0.05) is 19.5 Å². The minimum absolute atomic E-state index is 0.738. The highest BCUT2D eigenvalue weighted by atomic mass is 16.5. The molecule has 0 spiro atoms. The molecule has 0 unspecified atom stereocenters. The smallest absolute Gasteiger partial charge is 0.240 e. The van der Waals surface area contributed by atoms with E-state index in [0.29, 0.717) is 0 Å². The van der Waals surface area contributed by atoms with Crippen LogP contribution in [0, 0.1) is 5.92 Å². The van der Waals surface area contributed by atoms with Crippen molar-refractivity contribution < 1.29 is 4.52 Å². The highest BCUT2D eigenvalue weighted by Gasteiger charge is 2.24. The highest BCUT2D eigenvalue weighted by molar-refractivity contribution is 5.18. The average molecular weight is 369 g/mol. The van der Waals surface area contributed by atoms with Crippen LogP contribution in [0.5, 0.6) is 0 Å². The number of benzene rings is 1. The summed E-state index contributed by atoms with van der Waals surface area (Å²) in [4.78, 5) is 9.83. The van der Waals surface area contributed by atoms with E-state index in [9.17, 15) is 0 Å². The molecular formula is C22H32N4O.